The molecule has 0 radical (unpaired) electrons. The minimum absolute atomic E-state index is 0.0763. The maximum absolute atomic E-state index is 13.4. The SMILES string of the molecule is Cc1ccc([C@@H]2c3c(n(C)c(=O)n(C)c3=O)N=C3c4ccccc4C(=O)[C@@H]32)cc1Cl. The molecule has 0 bridgehead atoms. The zero-order chi connectivity index (χ0) is 21.3. The number of halogens is 1. The molecule has 7 heteroatoms. The summed E-state index contributed by atoms with van der Waals surface area (Å²) in [5.41, 5.74) is 3.01. The van der Waals surface area contributed by atoms with Crippen molar-refractivity contribution >= 4 is 28.9 Å². The number of rotatable bonds is 1. The maximum atomic E-state index is 13.4. The number of ketones is 1. The van der Waals surface area contributed by atoms with E-state index in [-0.39, 0.29) is 5.78 Å². The predicted octanol–water partition coefficient (Wildman–Crippen LogP) is 3.12. The summed E-state index contributed by atoms with van der Waals surface area (Å²) in [5.74, 6) is -1.01. The summed E-state index contributed by atoms with van der Waals surface area (Å²) in [7, 11) is 3.03. The van der Waals surface area contributed by atoms with Gasteiger partial charge in [-0.05, 0) is 24.1 Å². The molecule has 0 unspecified atom stereocenters. The molecule has 1 aliphatic carbocycles. The zero-order valence-corrected chi connectivity index (χ0v) is 17.4. The van der Waals surface area contributed by atoms with Gasteiger partial charge in [0.1, 0.15) is 5.82 Å². The van der Waals surface area contributed by atoms with Gasteiger partial charge in [-0.3, -0.25) is 18.7 Å². The van der Waals surface area contributed by atoms with Gasteiger partial charge >= 0.3 is 5.69 Å². The normalized spacial score (nSPS) is 19.2. The standard InChI is InChI=1S/C23H18ClN3O3/c1-11-8-9-12(10-15(11)24)16-17-19(13-6-4-5-7-14(13)20(17)28)25-21-18(16)22(29)27(3)23(30)26(21)2/h4-10,16-17H,1-3H3/t16-,17+/m0/s1. The third kappa shape index (κ3) is 2.37. The molecule has 0 N–H and O–H groups in total. The van der Waals surface area contributed by atoms with Crippen LogP contribution in [0.25, 0.3) is 0 Å². The van der Waals surface area contributed by atoms with E-state index >= 15 is 0 Å². The molecule has 2 aliphatic rings. The molecule has 0 saturated carbocycles. The molecule has 30 heavy (non-hydrogen) atoms. The van der Waals surface area contributed by atoms with Crippen molar-refractivity contribution in [2.24, 2.45) is 25.0 Å². The molecule has 2 atom stereocenters. The summed E-state index contributed by atoms with van der Waals surface area (Å²) >= 11 is 6.40. The second kappa shape index (κ2) is 6.37. The minimum atomic E-state index is -0.640. The summed E-state index contributed by atoms with van der Waals surface area (Å²) in [6, 6.07) is 12.9. The van der Waals surface area contributed by atoms with Crippen LogP contribution in [0.2, 0.25) is 5.02 Å². The van der Waals surface area contributed by atoms with E-state index in [4.69, 9.17) is 11.6 Å². The first kappa shape index (κ1) is 18.8. The number of aromatic nitrogens is 2. The van der Waals surface area contributed by atoms with Crippen molar-refractivity contribution in [3.05, 3.63) is 96.1 Å². The molecule has 2 heterocycles. The smallest absolute Gasteiger partial charge is 0.293 e. The van der Waals surface area contributed by atoms with Crippen molar-refractivity contribution in [2.45, 2.75) is 12.8 Å². The average molecular weight is 420 g/mol. The Morgan fingerprint density at radius 3 is 2.33 bits per heavy atom. The summed E-state index contributed by atoms with van der Waals surface area (Å²) in [4.78, 5) is 43.9. The highest BCUT2D eigenvalue weighted by Gasteiger charge is 2.47. The van der Waals surface area contributed by atoms with Crippen LogP contribution < -0.4 is 11.2 Å². The van der Waals surface area contributed by atoms with Crippen molar-refractivity contribution in [1.82, 2.24) is 9.13 Å². The van der Waals surface area contributed by atoms with Crippen LogP contribution in [0.4, 0.5) is 5.82 Å². The van der Waals surface area contributed by atoms with Crippen LogP contribution in [0.3, 0.4) is 0 Å². The van der Waals surface area contributed by atoms with Crippen molar-refractivity contribution < 1.29 is 4.79 Å². The first-order valence-corrected chi connectivity index (χ1v) is 9.97. The number of carbonyl (C=O) groups excluding carboxylic acids is 1. The third-order valence-corrected chi connectivity index (χ3v) is 6.55. The van der Waals surface area contributed by atoms with Crippen LogP contribution in [-0.2, 0) is 14.1 Å². The molecule has 5 rings (SSSR count). The third-order valence-electron chi connectivity index (χ3n) is 6.14. The van der Waals surface area contributed by atoms with Crippen molar-refractivity contribution in [3.63, 3.8) is 0 Å². The van der Waals surface area contributed by atoms with Gasteiger partial charge in [0, 0.05) is 36.2 Å². The zero-order valence-electron chi connectivity index (χ0n) is 16.6. The first-order valence-electron chi connectivity index (χ1n) is 9.59. The maximum Gasteiger partial charge on any atom is 0.332 e. The highest BCUT2D eigenvalue weighted by Crippen LogP contribution is 2.46. The molecule has 150 valence electrons. The van der Waals surface area contributed by atoms with Crippen LogP contribution >= 0.6 is 11.6 Å². The monoisotopic (exact) mass is 419 g/mol. The lowest BCUT2D eigenvalue weighted by atomic mass is 9.76. The van der Waals surface area contributed by atoms with Gasteiger partial charge in [-0.2, -0.15) is 0 Å². The second-order valence-electron chi connectivity index (χ2n) is 7.81. The number of hydrogen-bond donors (Lipinski definition) is 0. The van der Waals surface area contributed by atoms with Gasteiger partial charge in [0.15, 0.2) is 5.78 Å². The molecule has 3 aromatic rings. The van der Waals surface area contributed by atoms with E-state index in [1.165, 1.54) is 11.6 Å². The van der Waals surface area contributed by atoms with E-state index < -0.39 is 23.1 Å². The number of hydrogen-bond acceptors (Lipinski definition) is 4. The molecule has 0 spiro atoms. The van der Waals surface area contributed by atoms with Crippen molar-refractivity contribution in [3.8, 4) is 0 Å². The van der Waals surface area contributed by atoms with Gasteiger partial charge in [0.2, 0.25) is 0 Å². The summed E-state index contributed by atoms with van der Waals surface area (Å²) < 4.78 is 2.43. The van der Waals surface area contributed by atoms with Gasteiger partial charge < -0.3 is 0 Å². The quantitative estimate of drug-likeness (QED) is 0.608. The Bertz CT molecular complexity index is 1410. The molecule has 0 saturated heterocycles. The Balaban J connectivity index is 1.91. The van der Waals surface area contributed by atoms with Crippen molar-refractivity contribution in [1.29, 1.82) is 0 Å². The van der Waals surface area contributed by atoms with Gasteiger partial charge in [-0.15, -0.1) is 0 Å². The molecular formula is C23H18ClN3O3. The number of nitrogens with zero attached hydrogens (tertiary/aromatic N) is 3. The van der Waals surface area contributed by atoms with Gasteiger partial charge in [-0.1, -0.05) is 48.0 Å². The molecule has 1 aromatic heterocycles. The number of aryl methyl sites for hydroxylation is 1. The van der Waals surface area contributed by atoms with E-state index in [0.29, 0.717) is 27.7 Å². The fourth-order valence-electron chi connectivity index (χ4n) is 4.53. The Kier molecular flexibility index (Phi) is 3.98. The summed E-state index contributed by atoms with van der Waals surface area (Å²) in [6.45, 7) is 1.90. The molecule has 0 fully saturated rings. The number of fused-ring (bicyclic) bond motifs is 4. The summed E-state index contributed by atoms with van der Waals surface area (Å²) in [6.07, 6.45) is 0. The van der Waals surface area contributed by atoms with E-state index in [9.17, 15) is 14.4 Å². The number of Topliss-reactive ketones (excluding diaryl/α,β-unsaturated/α-hetero) is 1. The lowest BCUT2D eigenvalue weighted by Gasteiger charge is -2.30. The Hall–Kier alpha value is -3.25. The predicted molar refractivity (Wildman–Crippen MR) is 115 cm³/mol. The Morgan fingerprint density at radius 1 is 0.933 bits per heavy atom. The van der Waals surface area contributed by atoms with Crippen LogP contribution in [0.1, 0.15) is 38.5 Å². The second-order valence-corrected chi connectivity index (χ2v) is 8.22. The molecule has 0 amide bonds. The number of benzene rings is 2. The Labute approximate surface area is 177 Å². The summed E-state index contributed by atoms with van der Waals surface area (Å²) in [5, 5.41) is 0.558. The molecular weight excluding hydrogens is 402 g/mol. The topological polar surface area (TPSA) is 73.4 Å². The fourth-order valence-corrected chi connectivity index (χ4v) is 4.72. The van der Waals surface area contributed by atoms with E-state index in [1.807, 2.05) is 37.3 Å². The van der Waals surface area contributed by atoms with E-state index in [0.717, 1.165) is 21.3 Å². The lowest BCUT2D eigenvalue weighted by molar-refractivity contribution is 0.0953. The van der Waals surface area contributed by atoms with Crippen LogP contribution in [0.15, 0.2) is 57.0 Å². The molecule has 2 aromatic carbocycles. The largest absolute Gasteiger partial charge is 0.332 e. The average Bonchev–Trinajstić information content (AvgIpc) is 3.03. The van der Waals surface area contributed by atoms with Gasteiger partial charge in [0.05, 0.1) is 17.2 Å². The fraction of sp³-hybridized carbons (Fsp3) is 0.217. The number of carbonyl (C=O) groups is 1. The highest BCUT2D eigenvalue weighted by molar-refractivity contribution is 6.31. The number of aliphatic imine (C=N–C) groups is 1. The molecule has 1 aliphatic heterocycles. The van der Waals surface area contributed by atoms with E-state index in [2.05, 4.69) is 4.99 Å². The molecule has 6 nitrogen and oxygen atoms in total. The first-order chi connectivity index (χ1) is 14.3. The van der Waals surface area contributed by atoms with E-state index in [1.54, 1.807) is 19.2 Å². The van der Waals surface area contributed by atoms with Crippen molar-refractivity contribution in [2.75, 3.05) is 0 Å². The van der Waals surface area contributed by atoms with Crippen LogP contribution in [0.5, 0.6) is 0 Å². The Morgan fingerprint density at radius 2 is 1.63 bits per heavy atom. The minimum Gasteiger partial charge on any atom is -0.293 e. The van der Waals surface area contributed by atoms with Crippen LogP contribution in [0, 0.1) is 12.8 Å². The van der Waals surface area contributed by atoms with Gasteiger partial charge in [0.25, 0.3) is 5.56 Å². The van der Waals surface area contributed by atoms with Gasteiger partial charge in [-0.25, -0.2) is 9.79 Å². The van der Waals surface area contributed by atoms with Crippen LogP contribution in [-0.4, -0.2) is 20.6 Å². The lowest BCUT2D eigenvalue weighted by Crippen LogP contribution is -2.43. The highest BCUT2D eigenvalue weighted by atomic mass is 35.5.